The molecule has 2 aromatic carbocycles. The Morgan fingerprint density at radius 1 is 1.00 bits per heavy atom. The molecule has 0 amide bonds. The van der Waals surface area contributed by atoms with Gasteiger partial charge in [-0.25, -0.2) is 4.98 Å². The van der Waals surface area contributed by atoms with Gasteiger partial charge in [0.15, 0.2) is 0 Å². The van der Waals surface area contributed by atoms with Crippen LogP contribution < -0.4 is 4.90 Å². The van der Waals surface area contributed by atoms with Crippen LogP contribution in [0.5, 0.6) is 0 Å². The second kappa shape index (κ2) is 10.1. The molecule has 4 rings (SSSR count). The Morgan fingerprint density at radius 3 is 2.33 bits per heavy atom. The molecule has 0 spiro atoms. The first-order valence-corrected chi connectivity index (χ1v) is 10.1. The minimum absolute atomic E-state index is 0.340. The molecule has 5 heteroatoms. The van der Waals surface area contributed by atoms with Crippen molar-refractivity contribution in [3.05, 3.63) is 47.5 Å². The number of carbonyl (C=O) groups is 1. The number of ketones is 1. The number of rotatable bonds is 2. The van der Waals surface area contributed by atoms with Gasteiger partial charge in [0.2, 0.25) is 0 Å². The first-order chi connectivity index (χ1) is 13.2. The van der Waals surface area contributed by atoms with E-state index in [-0.39, 0.29) is 0 Å². The van der Waals surface area contributed by atoms with E-state index in [1.165, 1.54) is 0 Å². The second-order valence-corrected chi connectivity index (χ2v) is 6.20. The van der Waals surface area contributed by atoms with Gasteiger partial charge in [-0.3, -0.25) is 4.79 Å². The van der Waals surface area contributed by atoms with Crippen LogP contribution in [0.4, 0.5) is 5.69 Å². The predicted molar refractivity (Wildman–Crippen MR) is 116 cm³/mol. The molecule has 0 unspecified atom stereocenters. The Bertz CT molecular complexity index is 845. The third kappa shape index (κ3) is 4.89. The lowest BCUT2D eigenvalue weighted by Crippen LogP contribution is -2.33. The molecule has 1 N–H and O–H groups in total. The SMILES string of the molecule is CC.CC.O=C1CCN(c2ccc(Cl)c(-c3nc4ccccc4[nH]3)c2)CC1. The zero-order valence-electron chi connectivity index (χ0n) is 16.6. The number of nitrogens with zero attached hydrogens (tertiary/aromatic N) is 2. The summed E-state index contributed by atoms with van der Waals surface area (Å²) in [6, 6.07) is 13.9. The highest BCUT2D eigenvalue weighted by molar-refractivity contribution is 6.33. The molecule has 4 nitrogen and oxygen atoms in total. The number of nitrogens with one attached hydrogen (secondary N) is 1. The van der Waals surface area contributed by atoms with E-state index in [0.717, 1.165) is 41.2 Å². The van der Waals surface area contributed by atoms with E-state index >= 15 is 0 Å². The standard InChI is InChI=1S/C18H16ClN3O.2C2H6/c19-15-6-5-12(22-9-7-13(23)8-10-22)11-14(15)18-20-16-3-1-2-4-17(16)21-18;2*1-2/h1-6,11H,7-10H2,(H,20,21);2*1-2H3. The first-order valence-electron chi connectivity index (χ1n) is 9.72. The van der Waals surface area contributed by atoms with Crippen LogP contribution in [-0.4, -0.2) is 28.8 Å². The van der Waals surface area contributed by atoms with Crippen molar-refractivity contribution in [3.8, 4) is 11.4 Å². The van der Waals surface area contributed by atoms with Crippen molar-refractivity contribution in [2.45, 2.75) is 40.5 Å². The number of H-pyrrole nitrogens is 1. The van der Waals surface area contributed by atoms with Gasteiger partial charge >= 0.3 is 0 Å². The van der Waals surface area contributed by atoms with Gasteiger partial charge in [-0.15, -0.1) is 0 Å². The van der Waals surface area contributed by atoms with Crippen molar-refractivity contribution < 1.29 is 4.79 Å². The molecule has 1 fully saturated rings. The number of aromatic amines is 1. The number of benzene rings is 2. The number of piperidine rings is 1. The fourth-order valence-corrected chi connectivity index (χ4v) is 3.19. The molecule has 144 valence electrons. The summed E-state index contributed by atoms with van der Waals surface area (Å²) < 4.78 is 0. The molecule has 0 radical (unpaired) electrons. The van der Waals surface area contributed by atoms with E-state index in [1.807, 2.05) is 64.1 Å². The van der Waals surface area contributed by atoms with Crippen LogP contribution >= 0.6 is 11.6 Å². The molecule has 1 aliphatic heterocycles. The Morgan fingerprint density at radius 2 is 1.67 bits per heavy atom. The maximum absolute atomic E-state index is 11.4. The van der Waals surface area contributed by atoms with E-state index in [2.05, 4.69) is 20.9 Å². The molecule has 0 bridgehead atoms. The summed E-state index contributed by atoms with van der Waals surface area (Å²) in [7, 11) is 0. The van der Waals surface area contributed by atoms with Gasteiger partial charge < -0.3 is 9.88 Å². The number of Topliss-reactive ketones (excluding diaryl/α,β-unsaturated/α-hetero) is 1. The van der Waals surface area contributed by atoms with Crippen LogP contribution in [0.2, 0.25) is 5.02 Å². The zero-order valence-corrected chi connectivity index (χ0v) is 17.3. The summed E-state index contributed by atoms with van der Waals surface area (Å²) in [5.74, 6) is 1.11. The number of imidazole rings is 1. The maximum Gasteiger partial charge on any atom is 0.140 e. The fraction of sp³-hybridized carbons (Fsp3) is 0.364. The number of hydrogen-bond acceptors (Lipinski definition) is 3. The number of aromatic nitrogens is 2. The number of anilines is 1. The van der Waals surface area contributed by atoms with E-state index in [0.29, 0.717) is 23.6 Å². The molecule has 3 aromatic rings. The lowest BCUT2D eigenvalue weighted by molar-refractivity contribution is -0.119. The van der Waals surface area contributed by atoms with Crippen LogP contribution in [0, 0.1) is 0 Å². The smallest absolute Gasteiger partial charge is 0.140 e. The maximum atomic E-state index is 11.4. The third-order valence-corrected chi connectivity index (χ3v) is 4.61. The van der Waals surface area contributed by atoms with Crippen LogP contribution in [0.15, 0.2) is 42.5 Å². The van der Waals surface area contributed by atoms with Gasteiger partial charge in [0, 0.05) is 37.2 Å². The number of halogens is 1. The van der Waals surface area contributed by atoms with Crippen LogP contribution in [0.25, 0.3) is 22.4 Å². The number of carbonyl (C=O) groups excluding carboxylic acids is 1. The predicted octanol–water partition coefficient (Wildman–Crippen LogP) is 6.11. The monoisotopic (exact) mass is 385 g/mol. The van der Waals surface area contributed by atoms with E-state index in [1.54, 1.807) is 0 Å². The van der Waals surface area contributed by atoms with Crippen molar-refractivity contribution in [1.82, 2.24) is 9.97 Å². The highest BCUT2D eigenvalue weighted by Crippen LogP contribution is 2.32. The van der Waals surface area contributed by atoms with E-state index < -0.39 is 0 Å². The topological polar surface area (TPSA) is 49.0 Å². The molecule has 0 saturated carbocycles. The molecule has 2 heterocycles. The van der Waals surface area contributed by atoms with Crippen molar-refractivity contribution in [1.29, 1.82) is 0 Å². The van der Waals surface area contributed by atoms with Gasteiger partial charge in [0.1, 0.15) is 11.6 Å². The highest BCUT2D eigenvalue weighted by atomic mass is 35.5. The highest BCUT2D eigenvalue weighted by Gasteiger charge is 2.18. The molecule has 27 heavy (non-hydrogen) atoms. The van der Waals surface area contributed by atoms with Crippen molar-refractivity contribution in [2.24, 2.45) is 0 Å². The number of para-hydroxylation sites is 2. The molecular formula is C22H28ClN3O. The Kier molecular flexibility index (Phi) is 7.86. The molecule has 1 aromatic heterocycles. The van der Waals surface area contributed by atoms with E-state index in [4.69, 9.17) is 11.6 Å². The number of hydrogen-bond donors (Lipinski definition) is 1. The summed E-state index contributed by atoms with van der Waals surface area (Å²) in [6.45, 7) is 9.53. The first kappa shape index (κ1) is 21.0. The third-order valence-electron chi connectivity index (χ3n) is 4.28. The van der Waals surface area contributed by atoms with E-state index in [9.17, 15) is 4.79 Å². The lowest BCUT2D eigenvalue weighted by atomic mass is 10.1. The van der Waals surface area contributed by atoms with Crippen LogP contribution in [0.1, 0.15) is 40.5 Å². The normalized spacial score (nSPS) is 13.5. The van der Waals surface area contributed by atoms with Crippen molar-refractivity contribution in [3.63, 3.8) is 0 Å². The average Bonchev–Trinajstić information content (AvgIpc) is 3.16. The van der Waals surface area contributed by atoms with Gasteiger partial charge in [0.05, 0.1) is 16.1 Å². The average molecular weight is 386 g/mol. The van der Waals surface area contributed by atoms with Crippen LogP contribution in [-0.2, 0) is 4.79 Å². The summed E-state index contributed by atoms with van der Waals surface area (Å²) in [6.07, 6.45) is 1.23. The molecule has 0 aliphatic carbocycles. The van der Waals surface area contributed by atoms with Crippen molar-refractivity contribution in [2.75, 3.05) is 18.0 Å². The summed E-state index contributed by atoms with van der Waals surface area (Å²) in [5, 5.41) is 0.667. The minimum Gasteiger partial charge on any atom is -0.371 e. The molecule has 1 saturated heterocycles. The molecular weight excluding hydrogens is 358 g/mol. The Labute approximate surface area is 166 Å². The van der Waals surface area contributed by atoms with Crippen molar-refractivity contribution >= 4 is 34.1 Å². The quantitative estimate of drug-likeness (QED) is 0.579. The van der Waals surface area contributed by atoms with Gasteiger partial charge in [-0.1, -0.05) is 51.4 Å². The fourth-order valence-electron chi connectivity index (χ4n) is 2.99. The molecule has 0 atom stereocenters. The van der Waals surface area contributed by atoms with Gasteiger partial charge in [0.25, 0.3) is 0 Å². The van der Waals surface area contributed by atoms with Gasteiger partial charge in [-0.2, -0.15) is 0 Å². The largest absolute Gasteiger partial charge is 0.371 e. The lowest BCUT2D eigenvalue weighted by Gasteiger charge is -2.28. The second-order valence-electron chi connectivity index (χ2n) is 5.79. The summed E-state index contributed by atoms with van der Waals surface area (Å²) in [4.78, 5) is 21.6. The Balaban J connectivity index is 0.000000614. The number of fused-ring (bicyclic) bond motifs is 1. The Hall–Kier alpha value is -2.33. The molecule has 1 aliphatic rings. The zero-order chi connectivity index (χ0) is 19.8. The minimum atomic E-state index is 0.340. The van der Waals surface area contributed by atoms with Crippen LogP contribution in [0.3, 0.4) is 0 Å². The summed E-state index contributed by atoms with van der Waals surface area (Å²) >= 11 is 6.39. The summed E-state index contributed by atoms with van der Waals surface area (Å²) in [5.41, 5.74) is 3.88. The van der Waals surface area contributed by atoms with Gasteiger partial charge in [-0.05, 0) is 30.3 Å².